The molecule has 4 heteroatoms. The number of ether oxygens (including phenoxy) is 2. The zero-order valence-electron chi connectivity index (χ0n) is 7.87. The van der Waals surface area contributed by atoms with Crippen LogP contribution in [-0.4, -0.2) is 19.1 Å². The van der Waals surface area contributed by atoms with Crippen LogP contribution < -0.4 is 14.8 Å². The Bertz CT molecular complexity index is 362. The minimum Gasteiger partial charge on any atom is -0.490 e. The molecule has 0 saturated carbocycles. The van der Waals surface area contributed by atoms with E-state index in [1.54, 1.807) is 18.2 Å². The number of rotatable bonds is 1. The van der Waals surface area contributed by atoms with Crippen LogP contribution in [0.2, 0.25) is 0 Å². The Morgan fingerprint density at radius 1 is 1.57 bits per heavy atom. The van der Waals surface area contributed by atoms with Gasteiger partial charge in [0, 0.05) is 19.5 Å². The van der Waals surface area contributed by atoms with Gasteiger partial charge in [0.25, 0.3) is 0 Å². The molecule has 2 rings (SSSR count). The van der Waals surface area contributed by atoms with E-state index >= 15 is 0 Å². The Hall–Kier alpha value is -1.71. The van der Waals surface area contributed by atoms with Crippen molar-refractivity contribution in [2.24, 2.45) is 0 Å². The first-order chi connectivity index (χ1) is 6.75. The molecular weight excluding hydrogens is 182 g/mol. The summed E-state index contributed by atoms with van der Waals surface area (Å²) in [4.78, 5) is 10.7. The number of fused-ring (bicyclic) bond motifs is 1. The molecule has 0 saturated heterocycles. The quantitative estimate of drug-likeness (QED) is 0.541. The molecule has 1 heterocycles. The summed E-state index contributed by atoms with van der Waals surface area (Å²) in [6.45, 7) is 2.82. The monoisotopic (exact) mass is 193 g/mol. The first kappa shape index (κ1) is 8.87. The normalized spacial score (nSPS) is 13.5. The van der Waals surface area contributed by atoms with E-state index in [9.17, 15) is 4.79 Å². The predicted molar refractivity (Wildman–Crippen MR) is 51.7 cm³/mol. The lowest BCUT2D eigenvalue weighted by Crippen LogP contribution is -2.18. The summed E-state index contributed by atoms with van der Waals surface area (Å²) < 4.78 is 10.3. The first-order valence-electron chi connectivity index (χ1n) is 4.45. The van der Waals surface area contributed by atoms with Gasteiger partial charge in [-0.2, -0.15) is 0 Å². The van der Waals surface area contributed by atoms with Crippen molar-refractivity contribution in [3.05, 3.63) is 18.2 Å². The van der Waals surface area contributed by atoms with E-state index in [4.69, 9.17) is 9.47 Å². The topological polar surface area (TPSA) is 47.6 Å². The zero-order valence-corrected chi connectivity index (χ0v) is 7.87. The molecule has 0 radical (unpaired) electrons. The molecule has 1 aliphatic rings. The van der Waals surface area contributed by atoms with Gasteiger partial charge in [-0.1, -0.05) is 0 Å². The van der Waals surface area contributed by atoms with Gasteiger partial charge < -0.3 is 14.8 Å². The van der Waals surface area contributed by atoms with Gasteiger partial charge >= 0.3 is 5.97 Å². The molecule has 0 amide bonds. The van der Waals surface area contributed by atoms with Crippen molar-refractivity contribution in [3.8, 4) is 11.5 Å². The van der Waals surface area contributed by atoms with E-state index in [0.717, 1.165) is 18.0 Å². The first-order valence-corrected chi connectivity index (χ1v) is 4.45. The maximum absolute atomic E-state index is 10.7. The van der Waals surface area contributed by atoms with Crippen LogP contribution in [-0.2, 0) is 4.79 Å². The molecule has 0 atom stereocenters. The predicted octanol–water partition coefficient (Wildman–Crippen LogP) is 1.42. The molecular formula is C10H11NO3. The Labute approximate surface area is 81.8 Å². The van der Waals surface area contributed by atoms with Crippen molar-refractivity contribution >= 4 is 11.7 Å². The highest BCUT2D eigenvalue weighted by Gasteiger charge is 2.10. The highest BCUT2D eigenvalue weighted by atomic mass is 16.5. The maximum Gasteiger partial charge on any atom is 0.308 e. The molecule has 0 aromatic heterocycles. The van der Waals surface area contributed by atoms with Crippen LogP contribution in [0.1, 0.15) is 6.92 Å². The van der Waals surface area contributed by atoms with Crippen molar-refractivity contribution in [1.29, 1.82) is 0 Å². The fourth-order valence-corrected chi connectivity index (χ4v) is 1.35. The lowest BCUT2D eigenvalue weighted by Gasteiger charge is -2.19. The molecule has 0 aliphatic carbocycles. The van der Waals surface area contributed by atoms with E-state index in [2.05, 4.69) is 5.32 Å². The van der Waals surface area contributed by atoms with Crippen LogP contribution >= 0.6 is 0 Å². The Morgan fingerprint density at radius 2 is 2.43 bits per heavy atom. The third-order valence-electron chi connectivity index (χ3n) is 1.89. The fourth-order valence-electron chi connectivity index (χ4n) is 1.35. The van der Waals surface area contributed by atoms with Gasteiger partial charge in [-0.05, 0) is 12.1 Å². The van der Waals surface area contributed by atoms with Crippen LogP contribution in [0.5, 0.6) is 11.5 Å². The van der Waals surface area contributed by atoms with E-state index < -0.39 is 0 Å². The molecule has 4 nitrogen and oxygen atoms in total. The highest BCUT2D eigenvalue weighted by molar-refractivity contribution is 5.71. The van der Waals surface area contributed by atoms with Crippen molar-refractivity contribution in [3.63, 3.8) is 0 Å². The number of hydrogen-bond acceptors (Lipinski definition) is 4. The Kier molecular flexibility index (Phi) is 2.26. The summed E-state index contributed by atoms with van der Waals surface area (Å²) in [6, 6.07) is 5.27. The molecule has 1 aromatic carbocycles. The molecule has 0 unspecified atom stereocenters. The van der Waals surface area contributed by atoms with E-state index in [1.807, 2.05) is 0 Å². The van der Waals surface area contributed by atoms with Gasteiger partial charge in [-0.25, -0.2) is 0 Å². The zero-order chi connectivity index (χ0) is 9.97. The van der Waals surface area contributed by atoms with E-state index in [-0.39, 0.29) is 5.97 Å². The standard InChI is InChI=1S/C10H11NO3/c1-7(12)14-8-2-3-10-9(6-8)11-4-5-13-10/h2-3,6,11H,4-5H2,1H3. The second-order valence-electron chi connectivity index (χ2n) is 3.03. The van der Waals surface area contributed by atoms with Gasteiger partial charge in [0.15, 0.2) is 0 Å². The smallest absolute Gasteiger partial charge is 0.308 e. The molecule has 1 aromatic rings. The number of carbonyl (C=O) groups excluding carboxylic acids is 1. The van der Waals surface area contributed by atoms with Crippen LogP contribution in [0.3, 0.4) is 0 Å². The molecule has 0 spiro atoms. The summed E-state index contributed by atoms with van der Waals surface area (Å²) in [5.74, 6) is 1.02. The lowest BCUT2D eigenvalue weighted by atomic mass is 10.2. The molecule has 1 N–H and O–H groups in total. The average molecular weight is 193 g/mol. The second-order valence-corrected chi connectivity index (χ2v) is 3.03. The second kappa shape index (κ2) is 3.57. The van der Waals surface area contributed by atoms with Crippen molar-refractivity contribution in [2.45, 2.75) is 6.92 Å². The van der Waals surface area contributed by atoms with Crippen molar-refractivity contribution in [2.75, 3.05) is 18.5 Å². The van der Waals surface area contributed by atoms with Crippen LogP contribution in [0.25, 0.3) is 0 Å². The summed E-state index contributed by atoms with van der Waals surface area (Å²) in [5.41, 5.74) is 0.870. The van der Waals surface area contributed by atoms with Gasteiger partial charge in [0.1, 0.15) is 18.1 Å². The summed E-state index contributed by atoms with van der Waals surface area (Å²) in [6.07, 6.45) is 0. The highest BCUT2D eigenvalue weighted by Crippen LogP contribution is 2.30. The molecule has 0 bridgehead atoms. The molecule has 74 valence electrons. The number of esters is 1. The minimum absolute atomic E-state index is 0.318. The Morgan fingerprint density at radius 3 is 3.21 bits per heavy atom. The number of nitrogens with one attached hydrogen (secondary N) is 1. The van der Waals surface area contributed by atoms with Gasteiger partial charge in [-0.15, -0.1) is 0 Å². The number of hydrogen-bond donors (Lipinski definition) is 1. The van der Waals surface area contributed by atoms with Gasteiger partial charge in [-0.3, -0.25) is 4.79 Å². The van der Waals surface area contributed by atoms with E-state index in [0.29, 0.717) is 12.4 Å². The van der Waals surface area contributed by atoms with Gasteiger partial charge in [0.05, 0.1) is 5.69 Å². The van der Waals surface area contributed by atoms with Gasteiger partial charge in [0.2, 0.25) is 0 Å². The maximum atomic E-state index is 10.7. The molecule has 1 aliphatic heterocycles. The minimum atomic E-state index is -0.318. The van der Waals surface area contributed by atoms with Crippen LogP contribution in [0.15, 0.2) is 18.2 Å². The number of benzene rings is 1. The summed E-state index contributed by atoms with van der Waals surface area (Å²) in [7, 11) is 0. The third kappa shape index (κ3) is 1.79. The Balaban J connectivity index is 2.24. The van der Waals surface area contributed by atoms with Crippen molar-refractivity contribution in [1.82, 2.24) is 0 Å². The third-order valence-corrected chi connectivity index (χ3v) is 1.89. The number of carbonyl (C=O) groups is 1. The fraction of sp³-hybridized carbons (Fsp3) is 0.300. The molecule has 14 heavy (non-hydrogen) atoms. The van der Waals surface area contributed by atoms with Crippen molar-refractivity contribution < 1.29 is 14.3 Å². The molecule has 0 fully saturated rings. The largest absolute Gasteiger partial charge is 0.490 e. The average Bonchev–Trinajstić information content (AvgIpc) is 2.17. The van der Waals surface area contributed by atoms with Crippen LogP contribution in [0, 0.1) is 0 Å². The summed E-state index contributed by atoms with van der Waals surface area (Å²) in [5, 5.41) is 3.16. The lowest BCUT2D eigenvalue weighted by molar-refractivity contribution is -0.131. The van der Waals surface area contributed by atoms with Crippen LogP contribution in [0.4, 0.5) is 5.69 Å². The summed E-state index contributed by atoms with van der Waals surface area (Å²) >= 11 is 0. The SMILES string of the molecule is CC(=O)Oc1ccc2c(c1)NCCO2. The van der Waals surface area contributed by atoms with E-state index in [1.165, 1.54) is 6.92 Å². The number of anilines is 1.